The summed E-state index contributed by atoms with van der Waals surface area (Å²) >= 11 is 5.53. The van der Waals surface area contributed by atoms with Gasteiger partial charge in [-0.25, -0.2) is 16.8 Å². The fourth-order valence-electron chi connectivity index (χ4n) is 3.40. The largest absolute Gasteiger partial charge is 0.467 e. The van der Waals surface area contributed by atoms with E-state index in [1.165, 1.54) is 0 Å². The van der Waals surface area contributed by atoms with Gasteiger partial charge in [-0.15, -0.1) is 0 Å². The monoisotopic (exact) mass is 406 g/mol. The molecule has 0 bridgehead atoms. The van der Waals surface area contributed by atoms with Crippen LogP contribution in [0, 0.1) is 0 Å². The summed E-state index contributed by atoms with van der Waals surface area (Å²) in [6, 6.07) is 3.33. The molecule has 2 saturated heterocycles. The van der Waals surface area contributed by atoms with Gasteiger partial charge in [-0.05, 0) is 44.1 Å². The third-order valence-corrected chi connectivity index (χ3v) is 8.72. The van der Waals surface area contributed by atoms with Gasteiger partial charge in [0.1, 0.15) is 5.76 Å². The molecule has 0 radical (unpaired) electrons. The van der Waals surface area contributed by atoms with E-state index in [4.69, 9.17) is 16.6 Å². The predicted octanol–water partition coefficient (Wildman–Crippen LogP) is 0.720. The summed E-state index contributed by atoms with van der Waals surface area (Å²) in [4.78, 5) is 1.81. The lowest BCUT2D eigenvalue weighted by Crippen LogP contribution is -2.54. The summed E-state index contributed by atoms with van der Waals surface area (Å²) in [6.07, 6.45) is 2.53. The third-order valence-electron chi connectivity index (χ3n) is 4.73. The topological polar surface area (TPSA) is 96.7 Å². The zero-order valence-corrected chi connectivity index (χ0v) is 16.4. The molecule has 0 aliphatic carbocycles. The first kappa shape index (κ1) is 18.7. The van der Waals surface area contributed by atoms with E-state index in [2.05, 4.69) is 5.32 Å². The van der Waals surface area contributed by atoms with E-state index in [9.17, 15) is 16.8 Å². The minimum atomic E-state index is -3.07. The van der Waals surface area contributed by atoms with Crippen LogP contribution in [0.3, 0.4) is 0 Å². The Labute approximate surface area is 153 Å². The average Bonchev–Trinajstić information content (AvgIpc) is 3.16. The summed E-state index contributed by atoms with van der Waals surface area (Å²) < 4.78 is 52.7. The summed E-state index contributed by atoms with van der Waals surface area (Å²) in [5, 5.41) is 3.54. The van der Waals surface area contributed by atoms with Crippen molar-refractivity contribution < 1.29 is 21.3 Å². The number of thiocarbonyl (C=S) groups is 1. The quantitative estimate of drug-likeness (QED) is 0.731. The molecule has 0 saturated carbocycles. The Bertz CT molecular complexity index is 848. The maximum absolute atomic E-state index is 11.9. The fourth-order valence-corrected chi connectivity index (χ4v) is 7.68. The number of furan rings is 1. The van der Waals surface area contributed by atoms with Gasteiger partial charge in [0.2, 0.25) is 0 Å². The Hall–Kier alpha value is -1.13. The Kier molecular flexibility index (Phi) is 4.89. The highest BCUT2D eigenvalue weighted by Gasteiger charge is 2.41. The van der Waals surface area contributed by atoms with E-state index >= 15 is 0 Å². The second kappa shape index (κ2) is 6.55. The molecule has 3 rings (SSSR count). The molecular weight excluding hydrogens is 384 g/mol. The molecule has 2 atom stereocenters. The molecule has 140 valence electrons. The summed E-state index contributed by atoms with van der Waals surface area (Å²) in [5.74, 6) is 1.02. The highest BCUT2D eigenvalue weighted by molar-refractivity contribution is 7.92. The van der Waals surface area contributed by atoms with Gasteiger partial charge in [0, 0.05) is 6.04 Å². The van der Waals surface area contributed by atoms with Crippen LogP contribution in [0.2, 0.25) is 0 Å². The maximum atomic E-state index is 11.9. The van der Waals surface area contributed by atoms with Gasteiger partial charge in [-0.3, -0.25) is 0 Å². The Morgan fingerprint density at radius 1 is 1.36 bits per heavy atom. The number of nitrogens with one attached hydrogen (secondary N) is 1. The highest BCUT2D eigenvalue weighted by Crippen LogP contribution is 2.25. The van der Waals surface area contributed by atoms with Crippen molar-refractivity contribution in [2.75, 3.05) is 23.0 Å². The van der Waals surface area contributed by atoms with Gasteiger partial charge >= 0.3 is 0 Å². The summed E-state index contributed by atoms with van der Waals surface area (Å²) in [7, 11) is -6.14. The summed E-state index contributed by atoms with van der Waals surface area (Å²) in [5.41, 5.74) is -0.630. The van der Waals surface area contributed by atoms with E-state index < -0.39 is 25.2 Å². The van der Waals surface area contributed by atoms with E-state index in [-0.39, 0.29) is 29.1 Å². The van der Waals surface area contributed by atoms with Crippen LogP contribution >= 0.6 is 12.2 Å². The first-order chi connectivity index (χ1) is 11.6. The lowest BCUT2D eigenvalue weighted by atomic mass is 10.0. The Morgan fingerprint density at radius 2 is 2.12 bits per heavy atom. The fraction of sp³-hybridized carbons (Fsp3) is 0.667. The molecule has 2 aliphatic heterocycles. The molecule has 0 spiro atoms. The molecule has 25 heavy (non-hydrogen) atoms. The van der Waals surface area contributed by atoms with Crippen LogP contribution in [0.4, 0.5) is 0 Å². The van der Waals surface area contributed by atoms with Crippen LogP contribution in [-0.2, 0) is 26.2 Å². The predicted molar refractivity (Wildman–Crippen MR) is 98.7 cm³/mol. The number of sulfone groups is 2. The van der Waals surface area contributed by atoms with Crippen molar-refractivity contribution >= 4 is 37.0 Å². The smallest absolute Gasteiger partial charge is 0.170 e. The summed E-state index contributed by atoms with van der Waals surface area (Å²) in [6.45, 7) is 2.18. The lowest BCUT2D eigenvalue weighted by molar-refractivity contribution is 0.285. The van der Waals surface area contributed by atoms with Crippen molar-refractivity contribution in [3.63, 3.8) is 0 Å². The van der Waals surface area contributed by atoms with Crippen molar-refractivity contribution in [3.8, 4) is 0 Å². The molecule has 10 heteroatoms. The van der Waals surface area contributed by atoms with Crippen LogP contribution in [0.15, 0.2) is 22.8 Å². The van der Waals surface area contributed by atoms with E-state index in [0.717, 1.165) is 0 Å². The Morgan fingerprint density at radius 3 is 2.64 bits per heavy atom. The van der Waals surface area contributed by atoms with Crippen LogP contribution in [0.1, 0.15) is 25.5 Å². The molecule has 1 aromatic rings. The average molecular weight is 407 g/mol. The molecule has 1 N–H and O–H groups in total. The number of nitrogens with zero attached hydrogens (tertiary/aromatic N) is 1. The van der Waals surface area contributed by atoms with Crippen LogP contribution in [0.25, 0.3) is 0 Å². The van der Waals surface area contributed by atoms with Crippen molar-refractivity contribution in [2.45, 2.75) is 37.9 Å². The first-order valence-corrected chi connectivity index (χ1v) is 12.1. The van der Waals surface area contributed by atoms with Gasteiger partial charge in [-0.1, -0.05) is 0 Å². The third kappa shape index (κ3) is 4.53. The van der Waals surface area contributed by atoms with Crippen molar-refractivity contribution in [3.05, 3.63) is 24.2 Å². The standard InChI is InChI=1S/C15H22N2O5S3/c1-15(5-8-25(20,21)11-15)16-14(23)17(9-13-3-2-6-22-13)12-4-7-24(18,19)10-12/h2-3,6,12H,4-5,7-11H2,1H3,(H,16,23). The van der Waals surface area contributed by atoms with E-state index in [1.807, 2.05) is 11.8 Å². The van der Waals surface area contributed by atoms with Crippen LogP contribution in [-0.4, -0.2) is 61.4 Å². The normalized spacial score (nSPS) is 30.2. The van der Waals surface area contributed by atoms with E-state index in [0.29, 0.717) is 30.3 Å². The molecule has 7 nitrogen and oxygen atoms in total. The van der Waals surface area contributed by atoms with Gasteiger partial charge in [0.15, 0.2) is 24.8 Å². The molecule has 0 amide bonds. The van der Waals surface area contributed by atoms with Crippen molar-refractivity contribution in [1.29, 1.82) is 0 Å². The maximum Gasteiger partial charge on any atom is 0.170 e. The molecule has 2 unspecified atom stereocenters. The second-order valence-corrected chi connectivity index (χ2v) is 11.9. The van der Waals surface area contributed by atoms with Gasteiger partial charge in [-0.2, -0.15) is 0 Å². The molecule has 2 fully saturated rings. The number of rotatable bonds is 4. The highest BCUT2D eigenvalue weighted by atomic mass is 32.2. The Balaban J connectivity index is 1.77. The zero-order chi connectivity index (χ0) is 18.3. The van der Waals surface area contributed by atoms with Gasteiger partial charge in [0.25, 0.3) is 0 Å². The molecule has 1 aromatic heterocycles. The first-order valence-electron chi connectivity index (χ1n) is 8.10. The van der Waals surface area contributed by atoms with Gasteiger partial charge in [0.05, 0.1) is 41.4 Å². The molecular formula is C15H22N2O5S3. The van der Waals surface area contributed by atoms with Crippen molar-refractivity contribution in [1.82, 2.24) is 10.2 Å². The molecule has 3 heterocycles. The van der Waals surface area contributed by atoms with Crippen molar-refractivity contribution in [2.24, 2.45) is 0 Å². The molecule has 0 aromatic carbocycles. The minimum Gasteiger partial charge on any atom is -0.467 e. The second-order valence-electron chi connectivity index (χ2n) is 7.10. The van der Waals surface area contributed by atoms with E-state index in [1.54, 1.807) is 18.4 Å². The number of hydrogen-bond acceptors (Lipinski definition) is 6. The molecule has 2 aliphatic rings. The lowest BCUT2D eigenvalue weighted by Gasteiger charge is -2.35. The zero-order valence-electron chi connectivity index (χ0n) is 14.0. The number of hydrogen-bond donors (Lipinski definition) is 1. The van der Waals surface area contributed by atoms with Crippen LogP contribution in [0.5, 0.6) is 0 Å². The van der Waals surface area contributed by atoms with Gasteiger partial charge < -0.3 is 14.6 Å². The van der Waals surface area contributed by atoms with Crippen LogP contribution < -0.4 is 5.32 Å². The minimum absolute atomic E-state index is 0.0255. The SMILES string of the molecule is CC1(NC(=S)N(Cc2ccco2)C2CCS(=O)(=O)C2)CCS(=O)(=O)C1.